The lowest BCUT2D eigenvalue weighted by molar-refractivity contribution is 0.236. The van der Waals surface area contributed by atoms with Gasteiger partial charge in [0.1, 0.15) is 0 Å². The predicted molar refractivity (Wildman–Crippen MR) is 110 cm³/mol. The summed E-state index contributed by atoms with van der Waals surface area (Å²) in [5.41, 5.74) is 4.81. The molecule has 0 aliphatic carbocycles. The van der Waals surface area contributed by atoms with Gasteiger partial charge in [0.05, 0.1) is 29.4 Å². The van der Waals surface area contributed by atoms with Crippen LogP contribution in [-0.4, -0.2) is 25.0 Å². The molecular weight excluding hydrogens is 348 g/mol. The molecule has 3 rings (SSSR count). The van der Waals surface area contributed by atoms with Crippen molar-refractivity contribution in [1.82, 2.24) is 19.9 Å². The number of pyridine rings is 3. The highest BCUT2D eigenvalue weighted by atomic mass is 16.3. The third-order valence-electron chi connectivity index (χ3n) is 4.39. The van der Waals surface area contributed by atoms with Crippen molar-refractivity contribution in [3.8, 4) is 0 Å². The molecule has 5 heteroatoms. The Morgan fingerprint density at radius 1 is 0.750 bits per heavy atom. The summed E-state index contributed by atoms with van der Waals surface area (Å²) in [7, 11) is 0. The van der Waals surface area contributed by atoms with Crippen molar-refractivity contribution in [2.45, 2.75) is 46.5 Å². The molecule has 0 saturated carbocycles. The summed E-state index contributed by atoms with van der Waals surface area (Å²) >= 11 is 0. The van der Waals surface area contributed by atoms with Crippen LogP contribution in [0.1, 0.15) is 42.3 Å². The Hall–Kier alpha value is -2.63. The summed E-state index contributed by atoms with van der Waals surface area (Å²) < 4.78 is 0. The van der Waals surface area contributed by atoms with Crippen LogP contribution in [0.15, 0.2) is 60.8 Å². The van der Waals surface area contributed by atoms with Gasteiger partial charge in [0.2, 0.25) is 0 Å². The maximum Gasteiger partial charge on any atom is 0.0853 e. The van der Waals surface area contributed by atoms with E-state index in [1.807, 2.05) is 42.6 Å². The van der Waals surface area contributed by atoms with Crippen molar-refractivity contribution in [2.75, 3.05) is 0 Å². The number of hydrogen-bond acceptors (Lipinski definition) is 5. The first-order valence-corrected chi connectivity index (χ1v) is 9.75. The standard InChI is InChI=1S/C23H28N4O/c1-18(2)13-19-8-5-9-21(25-19)15-27(14-20-7-3-4-12-24-20)16-22-10-6-11-23(17-28)26-22/h3-12,18,28H,13-17H2,1-2H3. The van der Waals surface area contributed by atoms with Crippen LogP contribution >= 0.6 is 0 Å². The van der Waals surface area contributed by atoms with Crippen LogP contribution in [0.5, 0.6) is 0 Å². The van der Waals surface area contributed by atoms with E-state index in [9.17, 15) is 5.11 Å². The Balaban J connectivity index is 1.79. The highest BCUT2D eigenvalue weighted by Crippen LogP contribution is 2.13. The zero-order chi connectivity index (χ0) is 19.8. The molecule has 0 spiro atoms. The highest BCUT2D eigenvalue weighted by Gasteiger charge is 2.12. The molecule has 0 saturated heterocycles. The van der Waals surface area contributed by atoms with Gasteiger partial charge < -0.3 is 5.11 Å². The van der Waals surface area contributed by atoms with Crippen LogP contribution in [0, 0.1) is 5.92 Å². The fraction of sp³-hybridized carbons (Fsp3) is 0.348. The van der Waals surface area contributed by atoms with E-state index < -0.39 is 0 Å². The Kier molecular flexibility index (Phi) is 7.23. The van der Waals surface area contributed by atoms with Crippen LogP contribution in [0.25, 0.3) is 0 Å². The molecule has 3 aromatic rings. The Bertz CT molecular complexity index is 867. The summed E-state index contributed by atoms with van der Waals surface area (Å²) in [5.74, 6) is 0.581. The molecule has 0 radical (unpaired) electrons. The third kappa shape index (κ3) is 6.22. The van der Waals surface area contributed by atoms with Gasteiger partial charge in [-0.05, 0) is 48.7 Å². The summed E-state index contributed by atoms with van der Waals surface area (Å²) in [5, 5.41) is 9.37. The molecule has 1 N–H and O–H groups in total. The lowest BCUT2D eigenvalue weighted by Crippen LogP contribution is -2.24. The first-order valence-electron chi connectivity index (χ1n) is 9.75. The van der Waals surface area contributed by atoms with E-state index in [-0.39, 0.29) is 6.61 Å². The quantitative estimate of drug-likeness (QED) is 0.616. The van der Waals surface area contributed by atoms with Gasteiger partial charge in [-0.1, -0.05) is 32.0 Å². The second-order valence-corrected chi connectivity index (χ2v) is 7.46. The first kappa shape index (κ1) is 20.1. The van der Waals surface area contributed by atoms with Crippen molar-refractivity contribution in [1.29, 1.82) is 0 Å². The molecule has 0 atom stereocenters. The Labute approximate surface area is 167 Å². The first-order chi connectivity index (χ1) is 13.6. The van der Waals surface area contributed by atoms with Crippen molar-refractivity contribution < 1.29 is 5.11 Å². The topological polar surface area (TPSA) is 62.1 Å². The molecule has 5 nitrogen and oxygen atoms in total. The van der Waals surface area contributed by atoms with E-state index in [0.717, 1.165) is 29.2 Å². The summed E-state index contributed by atoms with van der Waals surface area (Å²) in [6.45, 7) is 6.46. The number of aromatic nitrogens is 3. The average molecular weight is 377 g/mol. The second kappa shape index (κ2) is 10.1. The van der Waals surface area contributed by atoms with Gasteiger partial charge in [0, 0.05) is 31.5 Å². The van der Waals surface area contributed by atoms with Gasteiger partial charge in [-0.2, -0.15) is 0 Å². The van der Waals surface area contributed by atoms with Crippen molar-refractivity contribution in [2.24, 2.45) is 5.92 Å². The minimum absolute atomic E-state index is 0.0487. The minimum Gasteiger partial charge on any atom is -0.390 e. The molecule has 3 heterocycles. The monoisotopic (exact) mass is 376 g/mol. The van der Waals surface area contributed by atoms with Crippen LogP contribution in [0.2, 0.25) is 0 Å². The summed E-state index contributed by atoms with van der Waals surface area (Å²) in [4.78, 5) is 16.1. The largest absolute Gasteiger partial charge is 0.390 e. The smallest absolute Gasteiger partial charge is 0.0853 e. The van der Waals surface area contributed by atoms with E-state index >= 15 is 0 Å². The predicted octanol–water partition coefficient (Wildman–Crippen LogP) is 3.76. The molecule has 28 heavy (non-hydrogen) atoms. The molecular formula is C23H28N4O. The Morgan fingerprint density at radius 3 is 1.93 bits per heavy atom. The van der Waals surface area contributed by atoms with E-state index in [2.05, 4.69) is 46.9 Å². The van der Waals surface area contributed by atoms with Crippen molar-refractivity contribution >= 4 is 0 Å². The van der Waals surface area contributed by atoms with Gasteiger partial charge >= 0.3 is 0 Å². The fourth-order valence-corrected chi connectivity index (χ4v) is 3.20. The SMILES string of the molecule is CC(C)Cc1cccc(CN(Cc2ccccn2)Cc2cccc(CO)n2)n1. The lowest BCUT2D eigenvalue weighted by atomic mass is 10.1. The highest BCUT2D eigenvalue weighted by molar-refractivity contribution is 5.14. The van der Waals surface area contributed by atoms with Crippen LogP contribution in [-0.2, 0) is 32.7 Å². The molecule has 3 aromatic heterocycles. The lowest BCUT2D eigenvalue weighted by Gasteiger charge is -2.22. The molecule has 0 fully saturated rings. The maximum absolute atomic E-state index is 9.37. The van der Waals surface area contributed by atoms with Gasteiger partial charge in [0.15, 0.2) is 0 Å². The molecule has 0 bridgehead atoms. The van der Waals surface area contributed by atoms with Gasteiger partial charge in [-0.25, -0.2) is 0 Å². The van der Waals surface area contributed by atoms with Crippen LogP contribution < -0.4 is 0 Å². The average Bonchev–Trinajstić information content (AvgIpc) is 2.68. The number of nitrogens with zero attached hydrogens (tertiary/aromatic N) is 4. The normalized spacial score (nSPS) is 11.3. The number of aliphatic hydroxyl groups is 1. The minimum atomic E-state index is -0.0487. The molecule has 0 amide bonds. The van der Waals surface area contributed by atoms with E-state index in [4.69, 9.17) is 4.98 Å². The fourth-order valence-electron chi connectivity index (χ4n) is 3.20. The number of hydrogen-bond donors (Lipinski definition) is 1. The van der Waals surface area contributed by atoms with E-state index in [1.54, 1.807) is 0 Å². The van der Waals surface area contributed by atoms with Gasteiger partial charge in [0.25, 0.3) is 0 Å². The molecule has 0 aliphatic rings. The van der Waals surface area contributed by atoms with Crippen LogP contribution in [0.3, 0.4) is 0 Å². The van der Waals surface area contributed by atoms with E-state index in [1.165, 1.54) is 0 Å². The zero-order valence-electron chi connectivity index (χ0n) is 16.6. The molecule has 0 aliphatic heterocycles. The van der Waals surface area contributed by atoms with Gasteiger partial charge in [-0.3, -0.25) is 19.9 Å². The maximum atomic E-state index is 9.37. The number of aliphatic hydroxyl groups excluding tert-OH is 1. The zero-order valence-corrected chi connectivity index (χ0v) is 16.6. The summed E-state index contributed by atoms with van der Waals surface area (Å²) in [6.07, 6.45) is 2.80. The third-order valence-corrected chi connectivity index (χ3v) is 4.39. The number of rotatable bonds is 9. The van der Waals surface area contributed by atoms with E-state index in [0.29, 0.717) is 31.2 Å². The van der Waals surface area contributed by atoms with Crippen LogP contribution in [0.4, 0.5) is 0 Å². The van der Waals surface area contributed by atoms with Crippen molar-refractivity contribution in [3.63, 3.8) is 0 Å². The van der Waals surface area contributed by atoms with Gasteiger partial charge in [-0.15, -0.1) is 0 Å². The summed E-state index contributed by atoms with van der Waals surface area (Å²) in [6, 6.07) is 18.0. The second-order valence-electron chi connectivity index (χ2n) is 7.46. The Morgan fingerprint density at radius 2 is 1.32 bits per heavy atom. The molecule has 0 unspecified atom stereocenters. The molecule has 0 aromatic carbocycles. The molecule has 146 valence electrons. The van der Waals surface area contributed by atoms with Crippen molar-refractivity contribution in [3.05, 3.63) is 89.3 Å².